The Bertz CT molecular complexity index is 1430. The third-order valence-electron chi connectivity index (χ3n) is 8.16. The van der Waals surface area contributed by atoms with Gasteiger partial charge in [0, 0.05) is 49.7 Å². The molecular formula is C34H45N5O5. The van der Waals surface area contributed by atoms with Crippen molar-refractivity contribution in [3.63, 3.8) is 0 Å². The Kier molecular flexibility index (Phi) is 12.5. The van der Waals surface area contributed by atoms with Crippen LogP contribution in [0.25, 0.3) is 0 Å². The van der Waals surface area contributed by atoms with Gasteiger partial charge >= 0.3 is 0 Å². The first-order valence-corrected chi connectivity index (χ1v) is 15.9. The van der Waals surface area contributed by atoms with E-state index in [0.717, 1.165) is 56.9 Å². The molecule has 0 aliphatic heterocycles. The first-order chi connectivity index (χ1) is 21.4. The maximum absolute atomic E-state index is 13.3. The Hall–Kier alpha value is -4.05. The smallest absolute Gasteiger partial charge is 0.253 e. The van der Waals surface area contributed by atoms with Gasteiger partial charge in [-0.05, 0) is 63.8 Å². The Morgan fingerprint density at radius 2 is 1.68 bits per heavy atom. The number of anilines is 3. The Morgan fingerprint density at radius 1 is 0.955 bits per heavy atom. The van der Waals surface area contributed by atoms with Crippen LogP contribution in [0.15, 0.2) is 58.4 Å². The molecule has 2 N–H and O–H groups in total. The molecule has 44 heavy (non-hydrogen) atoms. The third kappa shape index (κ3) is 8.98. The molecule has 3 aromatic rings. The molecule has 236 valence electrons. The number of nitrogens with one attached hydrogen (secondary N) is 2. The molecule has 1 aliphatic rings. The lowest BCUT2D eigenvalue weighted by atomic mass is 9.95. The number of unbranched alkanes of at least 4 members (excludes halogenated alkanes) is 3. The fourth-order valence-electron chi connectivity index (χ4n) is 5.65. The van der Waals surface area contributed by atoms with E-state index in [0.29, 0.717) is 43.0 Å². The van der Waals surface area contributed by atoms with E-state index in [1.165, 1.54) is 6.42 Å². The van der Waals surface area contributed by atoms with Gasteiger partial charge in [-0.2, -0.15) is 0 Å². The summed E-state index contributed by atoms with van der Waals surface area (Å²) >= 11 is 0. The van der Waals surface area contributed by atoms with Gasteiger partial charge in [0.1, 0.15) is 11.4 Å². The van der Waals surface area contributed by atoms with Crippen molar-refractivity contribution in [2.45, 2.75) is 84.1 Å². The summed E-state index contributed by atoms with van der Waals surface area (Å²) in [7, 11) is 0. The number of hydrogen-bond acceptors (Lipinski definition) is 8. The van der Waals surface area contributed by atoms with Gasteiger partial charge in [0.2, 0.25) is 5.91 Å². The minimum absolute atomic E-state index is 0.00125. The predicted octanol–water partition coefficient (Wildman–Crippen LogP) is 5.35. The normalized spacial score (nSPS) is 13.5. The van der Waals surface area contributed by atoms with Crippen LogP contribution in [0.3, 0.4) is 0 Å². The lowest BCUT2D eigenvalue weighted by molar-refractivity contribution is -0.204. The SMILES string of the molecule is CCN(CCON(C(=O)CCCCCCNc1c(Nc2ccncc2)c(=O)c1=O)C1CCCCC1)C(=O)c1cccc(C)c1. The Balaban J connectivity index is 1.19. The van der Waals surface area contributed by atoms with Crippen molar-refractivity contribution < 1.29 is 14.4 Å². The summed E-state index contributed by atoms with van der Waals surface area (Å²) in [5.74, 6) is -0.0331. The summed E-state index contributed by atoms with van der Waals surface area (Å²) in [6.45, 7) is 5.73. The highest BCUT2D eigenvalue weighted by Crippen LogP contribution is 2.24. The van der Waals surface area contributed by atoms with E-state index in [-0.39, 0.29) is 30.2 Å². The van der Waals surface area contributed by atoms with E-state index >= 15 is 0 Å². The van der Waals surface area contributed by atoms with Crippen molar-refractivity contribution in [2.24, 2.45) is 0 Å². The second-order valence-electron chi connectivity index (χ2n) is 11.5. The molecule has 4 rings (SSSR count). The van der Waals surface area contributed by atoms with E-state index in [9.17, 15) is 19.2 Å². The van der Waals surface area contributed by atoms with Gasteiger partial charge in [-0.3, -0.25) is 29.0 Å². The number of benzene rings is 1. The van der Waals surface area contributed by atoms with Crippen LogP contribution in [0.2, 0.25) is 0 Å². The first-order valence-electron chi connectivity index (χ1n) is 15.9. The molecule has 0 saturated heterocycles. The maximum atomic E-state index is 13.3. The number of carbonyl (C=O) groups excluding carboxylic acids is 2. The summed E-state index contributed by atoms with van der Waals surface area (Å²) in [5.41, 5.74) is 1.99. The molecule has 0 spiro atoms. The zero-order valence-electron chi connectivity index (χ0n) is 26.0. The van der Waals surface area contributed by atoms with Gasteiger partial charge in [-0.15, -0.1) is 0 Å². The highest BCUT2D eigenvalue weighted by molar-refractivity contribution is 5.94. The monoisotopic (exact) mass is 603 g/mol. The molecule has 0 unspecified atom stereocenters. The minimum atomic E-state index is -0.521. The van der Waals surface area contributed by atoms with Crippen LogP contribution < -0.4 is 21.5 Å². The average molecular weight is 604 g/mol. The van der Waals surface area contributed by atoms with Crippen molar-refractivity contribution in [1.29, 1.82) is 0 Å². The highest BCUT2D eigenvalue weighted by Gasteiger charge is 2.27. The largest absolute Gasteiger partial charge is 0.380 e. The zero-order valence-corrected chi connectivity index (χ0v) is 26.0. The zero-order chi connectivity index (χ0) is 31.3. The average Bonchev–Trinajstić information content (AvgIpc) is 3.05. The topological polar surface area (TPSA) is 121 Å². The molecule has 2 amide bonds. The van der Waals surface area contributed by atoms with Crippen molar-refractivity contribution in [2.75, 3.05) is 36.9 Å². The number of pyridine rings is 1. The number of hydroxylamine groups is 2. The molecule has 10 nitrogen and oxygen atoms in total. The van der Waals surface area contributed by atoms with E-state index in [2.05, 4.69) is 15.6 Å². The van der Waals surface area contributed by atoms with E-state index < -0.39 is 10.9 Å². The molecule has 1 aliphatic carbocycles. The van der Waals surface area contributed by atoms with Crippen molar-refractivity contribution >= 4 is 28.9 Å². The number of carbonyl (C=O) groups is 2. The fraction of sp³-hybridized carbons (Fsp3) is 0.500. The summed E-state index contributed by atoms with van der Waals surface area (Å²) in [6, 6.07) is 11.1. The molecular weight excluding hydrogens is 558 g/mol. The van der Waals surface area contributed by atoms with Gasteiger partial charge in [-0.25, -0.2) is 5.06 Å². The van der Waals surface area contributed by atoms with Gasteiger partial charge in [-0.1, -0.05) is 49.8 Å². The lowest BCUT2D eigenvalue weighted by Gasteiger charge is -2.34. The van der Waals surface area contributed by atoms with Crippen molar-refractivity contribution in [1.82, 2.24) is 14.9 Å². The number of likely N-dealkylation sites (N-methyl/N-ethyl adjacent to an activating group) is 1. The van der Waals surface area contributed by atoms with Gasteiger partial charge < -0.3 is 15.5 Å². The molecule has 10 heteroatoms. The molecule has 1 saturated carbocycles. The molecule has 1 heterocycles. The number of aromatic nitrogens is 1. The van der Waals surface area contributed by atoms with Crippen molar-refractivity contribution in [3.8, 4) is 0 Å². The minimum Gasteiger partial charge on any atom is -0.380 e. The summed E-state index contributed by atoms with van der Waals surface area (Å²) < 4.78 is 0. The van der Waals surface area contributed by atoms with Crippen LogP contribution in [0.5, 0.6) is 0 Å². The van der Waals surface area contributed by atoms with Crippen LogP contribution in [-0.4, -0.2) is 59.0 Å². The molecule has 1 aromatic heterocycles. The number of nitrogens with zero attached hydrogens (tertiary/aromatic N) is 3. The van der Waals surface area contributed by atoms with Crippen LogP contribution >= 0.6 is 0 Å². The standard InChI is InChI=1S/C34H45N5O5/c1-3-38(34(43)26-13-11-12-25(2)24-26)22-23-44-39(28-14-7-6-8-15-28)29(40)16-9-4-5-10-19-36-30-31(33(42)32(30)41)37-27-17-20-35-21-18-27/h11-13,17-18,20-21,24,28,36H,3-10,14-16,19,22-23H2,1-2H3,(H,35,37). The van der Waals surface area contributed by atoms with Gasteiger partial charge in [0.05, 0.1) is 12.6 Å². The highest BCUT2D eigenvalue weighted by atomic mass is 16.7. The number of amides is 2. The molecule has 2 aromatic carbocycles. The first kappa shape index (κ1) is 32.9. The molecule has 0 atom stereocenters. The van der Waals surface area contributed by atoms with Gasteiger partial charge in [0.15, 0.2) is 0 Å². The lowest BCUT2D eigenvalue weighted by Crippen LogP contribution is -2.43. The molecule has 0 bridgehead atoms. The second-order valence-corrected chi connectivity index (χ2v) is 11.5. The van der Waals surface area contributed by atoms with E-state index in [4.69, 9.17) is 4.84 Å². The molecule has 0 radical (unpaired) electrons. The number of aryl methyl sites for hydroxylation is 1. The van der Waals surface area contributed by atoms with Crippen LogP contribution in [0.4, 0.5) is 17.1 Å². The Morgan fingerprint density at radius 3 is 2.41 bits per heavy atom. The van der Waals surface area contributed by atoms with Gasteiger partial charge in [0.25, 0.3) is 16.8 Å². The number of rotatable bonds is 17. The summed E-state index contributed by atoms with van der Waals surface area (Å²) in [4.78, 5) is 62.2. The van der Waals surface area contributed by atoms with Crippen LogP contribution in [0.1, 0.15) is 87.1 Å². The molecule has 1 fully saturated rings. The van der Waals surface area contributed by atoms with E-state index in [1.54, 1.807) is 34.5 Å². The van der Waals surface area contributed by atoms with Crippen molar-refractivity contribution in [3.05, 3.63) is 80.4 Å². The summed E-state index contributed by atoms with van der Waals surface area (Å²) in [6.07, 6.45) is 12.2. The third-order valence-corrected chi connectivity index (χ3v) is 8.16. The van der Waals surface area contributed by atoms with E-state index in [1.807, 2.05) is 38.1 Å². The Labute approximate surface area is 259 Å². The fourth-order valence-corrected chi connectivity index (χ4v) is 5.65. The quantitative estimate of drug-likeness (QED) is 0.120. The maximum Gasteiger partial charge on any atom is 0.253 e. The summed E-state index contributed by atoms with van der Waals surface area (Å²) in [5, 5.41) is 7.69. The van der Waals surface area contributed by atoms with Crippen LogP contribution in [-0.2, 0) is 9.63 Å². The van der Waals surface area contributed by atoms with Crippen LogP contribution in [0, 0.1) is 6.92 Å². The number of hydrogen-bond donors (Lipinski definition) is 2. The predicted molar refractivity (Wildman–Crippen MR) is 173 cm³/mol. The second kappa shape index (κ2) is 16.7.